The monoisotopic (exact) mass is 554 g/mol. The number of rotatable bonds is 4. The Morgan fingerprint density at radius 2 is 2.00 bits per heavy atom. The van der Waals surface area contributed by atoms with E-state index in [1.807, 2.05) is 18.5 Å². The van der Waals surface area contributed by atoms with Gasteiger partial charge in [0.2, 0.25) is 0 Å². The number of ether oxygens (including phenoxy) is 2. The molecule has 0 radical (unpaired) electrons. The fourth-order valence-electron chi connectivity index (χ4n) is 4.28. The summed E-state index contributed by atoms with van der Waals surface area (Å²) in [5.74, 6) is 1.30. The van der Waals surface area contributed by atoms with Crippen LogP contribution in [0.4, 0.5) is 16.4 Å². The number of nitrogen functional groups attached to an aromatic ring is 1. The molecule has 1 spiro atoms. The Morgan fingerprint density at radius 1 is 1.31 bits per heavy atom. The first kappa shape index (κ1) is 28.6. The zero-order valence-electron chi connectivity index (χ0n) is 21.4. The number of carbonyl (C=O) groups is 1. The smallest absolute Gasteiger partial charge is 0.405 e. The first-order chi connectivity index (χ1) is 16.9. The van der Waals surface area contributed by atoms with Crippen molar-refractivity contribution in [2.45, 2.75) is 73.6 Å². The van der Waals surface area contributed by atoms with Crippen molar-refractivity contribution < 1.29 is 14.3 Å². The molecule has 0 aliphatic carbocycles. The number of halogens is 1. The third-order valence-corrected chi connectivity index (χ3v) is 8.05. The zero-order valence-corrected chi connectivity index (χ0v) is 23.8. The molecule has 12 heteroatoms. The maximum atomic E-state index is 10.0. The second-order valence-corrected chi connectivity index (χ2v) is 12.2. The molecule has 2 aliphatic heterocycles. The summed E-state index contributed by atoms with van der Waals surface area (Å²) in [6.45, 7) is 10.4. The third kappa shape index (κ3) is 7.77. The molecular formula is C24H35ClN6O3S2. The van der Waals surface area contributed by atoms with Gasteiger partial charge in [-0.25, -0.2) is 19.7 Å². The van der Waals surface area contributed by atoms with Gasteiger partial charge in [0.25, 0.3) is 0 Å². The third-order valence-electron chi connectivity index (χ3n) is 5.91. The second kappa shape index (κ2) is 12.1. The number of amides is 1. The minimum absolute atomic E-state index is 0.328. The summed E-state index contributed by atoms with van der Waals surface area (Å²) in [7, 11) is 0. The number of pyridine rings is 1. The number of carbonyl (C=O) groups excluding carboxylic acids is 1. The van der Waals surface area contributed by atoms with Crippen LogP contribution in [0.15, 0.2) is 33.4 Å². The number of primary amides is 1. The van der Waals surface area contributed by atoms with E-state index in [9.17, 15) is 4.79 Å². The predicted molar refractivity (Wildman–Crippen MR) is 146 cm³/mol. The number of hydrogen-bond acceptors (Lipinski definition) is 10. The Morgan fingerprint density at radius 3 is 2.53 bits per heavy atom. The van der Waals surface area contributed by atoms with Crippen LogP contribution in [0.3, 0.4) is 0 Å². The van der Waals surface area contributed by atoms with E-state index >= 15 is 0 Å². The van der Waals surface area contributed by atoms with Crippen molar-refractivity contribution in [1.82, 2.24) is 15.0 Å². The maximum Gasteiger partial charge on any atom is 0.405 e. The Balaban J connectivity index is 0.000000392. The highest BCUT2D eigenvalue weighted by molar-refractivity contribution is 7.99. The van der Waals surface area contributed by atoms with Gasteiger partial charge in [-0.15, -0.1) is 11.8 Å². The van der Waals surface area contributed by atoms with Crippen molar-refractivity contribution in [3.8, 4) is 0 Å². The van der Waals surface area contributed by atoms with E-state index in [4.69, 9.17) is 37.8 Å². The Bertz CT molecular complexity index is 1060. The molecule has 0 aromatic carbocycles. The molecule has 9 nitrogen and oxygen atoms in total. The van der Waals surface area contributed by atoms with Gasteiger partial charge >= 0.3 is 6.09 Å². The molecule has 36 heavy (non-hydrogen) atoms. The van der Waals surface area contributed by atoms with E-state index in [0.717, 1.165) is 53.3 Å². The summed E-state index contributed by atoms with van der Waals surface area (Å²) in [4.78, 5) is 26.8. The van der Waals surface area contributed by atoms with Gasteiger partial charge in [0, 0.05) is 24.2 Å². The molecular weight excluding hydrogens is 520 g/mol. The predicted octanol–water partition coefficient (Wildman–Crippen LogP) is 5.26. The first-order valence-corrected chi connectivity index (χ1v) is 14.2. The summed E-state index contributed by atoms with van der Waals surface area (Å²) in [6.07, 6.45) is 8.64. The minimum Gasteiger partial charge on any atom is -0.444 e. The lowest BCUT2D eigenvalue weighted by Gasteiger charge is -2.39. The number of piperidine rings is 1. The number of hydrogen-bond donors (Lipinski definition) is 2. The quantitative estimate of drug-likeness (QED) is 0.483. The van der Waals surface area contributed by atoms with Crippen molar-refractivity contribution >= 4 is 52.9 Å². The standard InChI is InChI=1S/C19H24ClN5OS2.C5H11NO2/c1-12-9-19(11-26-12)4-7-25(8-5-19)17-18(27-2)24-14(10-23-17)28-13-3-6-22-16(21)15(13)20;1-5(2,3)8-4(6)7/h3,6,10,12H,4-5,7-9,11H2,1-2H3,(H2,21,22);1-3H3,(H2,6,7)/t12-;/m0./s1. The topological polar surface area (TPSA) is 129 Å². The number of nitrogens with two attached hydrogens (primary N) is 2. The Kier molecular flexibility index (Phi) is 9.59. The van der Waals surface area contributed by atoms with Crippen molar-refractivity contribution in [2.24, 2.45) is 11.1 Å². The highest BCUT2D eigenvalue weighted by atomic mass is 35.5. The molecule has 0 unspecified atom stereocenters. The minimum atomic E-state index is -0.725. The van der Waals surface area contributed by atoms with Crippen LogP contribution in [0.2, 0.25) is 5.02 Å². The van der Waals surface area contributed by atoms with Gasteiger partial charge in [-0.05, 0) is 64.7 Å². The molecule has 4 rings (SSSR count). The van der Waals surface area contributed by atoms with Crippen LogP contribution >= 0.6 is 35.1 Å². The Labute approximate surface area is 226 Å². The summed E-state index contributed by atoms with van der Waals surface area (Å²) in [5.41, 5.74) is 10.4. The van der Waals surface area contributed by atoms with Crippen LogP contribution in [-0.2, 0) is 9.47 Å². The first-order valence-electron chi connectivity index (χ1n) is 11.8. The number of aromatic nitrogens is 3. The van der Waals surface area contributed by atoms with E-state index in [2.05, 4.69) is 21.5 Å². The van der Waals surface area contributed by atoms with Crippen LogP contribution < -0.4 is 16.4 Å². The van der Waals surface area contributed by atoms with Gasteiger partial charge in [-0.2, -0.15) is 0 Å². The average molecular weight is 555 g/mol. The van der Waals surface area contributed by atoms with Gasteiger partial charge in [-0.1, -0.05) is 23.4 Å². The van der Waals surface area contributed by atoms with Crippen LogP contribution in [0.25, 0.3) is 0 Å². The lowest BCUT2D eigenvalue weighted by Crippen LogP contribution is -2.41. The fraction of sp³-hybridized carbons (Fsp3) is 0.583. The van der Waals surface area contributed by atoms with Crippen LogP contribution in [0, 0.1) is 5.41 Å². The van der Waals surface area contributed by atoms with Gasteiger partial charge < -0.3 is 25.8 Å². The lowest BCUT2D eigenvalue weighted by molar-refractivity contribution is 0.0600. The average Bonchev–Trinajstić information content (AvgIpc) is 3.16. The van der Waals surface area contributed by atoms with Crippen LogP contribution in [0.5, 0.6) is 0 Å². The van der Waals surface area contributed by atoms with E-state index in [0.29, 0.717) is 22.4 Å². The molecule has 0 saturated carbocycles. The summed E-state index contributed by atoms with van der Waals surface area (Å²) in [5, 5.41) is 2.20. The molecule has 4 N–H and O–H groups in total. The molecule has 2 aromatic rings. The van der Waals surface area contributed by atoms with E-state index in [-0.39, 0.29) is 0 Å². The molecule has 2 saturated heterocycles. The highest BCUT2D eigenvalue weighted by Crippen LogP contribution is 2.43. The molecule has 1 amide bonds. The molecule has 4 heterocycles. The summed E-state index contributed by atoms with van der Waals surface area (Å²) < 4.78 is 10.4. The number of thioether (sulfide) groups is 1. The van der Waals surface area contributed by atoms with Crippen LogP contribution in [0.1, 0.15) is 47.0 Å². The van der Waals surface area contributed by atoms with Crippen molar-refractivity contribution in [2.75, 3.05) is 36.6 Å². The molecule has 2 aliphatic rings. The zero-order chi connectivity index (χ0) is 26.5. The summed E-state index contributed by atoms with van der Waals surface area (Å²) >= 11 is 9.34. The number of anilines is 2. The largest absolute Gasteiger partial charge is 0.444 e. The molecule has 2 fully saturated rings. The van der Waals surface area contributed by atoms with Gasteiger partial charge in [0.15, 0.2) is 5.82 Å². The number of nitrogens with zero attached hydrogens (tertiary/aromatic N) is 4. The molecule has 2 aromatic heterocycles. The molecule has 198 valence electrons. The fourth-order valence-corrected chi connectivity index (χ4v) is 5.91. The van der Waals surface area contributed by atoms with Crippen molar-refractivity contribution in [1.29, 1.82) is 0 Å². The van der Waals surface area contributed by atoms with Crippen molar-refractivity contribution in [3.05, 3.63) is 23.5 Å². The molecule has 1 atom stereocenters. The maximum absolute atomic E-state index is 10.0. The Hall–Kier alpha value is -1.95. The second-order valence-electron chi connectivity index (χ2n) is 10.00. The van der Waals surface area contributed by atoms with E-state index < -0.39 is 11.7 Å². The lowest BCUT2D eigenvalue weighted by atomic mass is 9.77. The van der Waals surface area contributed by atoms with Crippen molar-refractivity contribution in [3.63, 3.8) is 0 Å². The highest BCUT2D eigenvalue weighted by Gasteiger charge is 2.41. The van der Waals surface area contributed by atoms with Gasteiger partial charge in [-0.3, -0.25) is 0 Å². The van der Waals surface area contributed by atoms with Gasteiger partial charge in [0.1, 0.15) is 21.5 Å². The van der Waals surface area contributed by atoms with Crippen LogP contribution in [-0.4, -0.2) is 58.7 Å². The normalized spacial score (nSPS) is 19.1. The van der Waals surface area contributed by atoms with E-state index in [1.165, 1.54) is 18.2 Å². The van der Waals surface area contributed by atoms with E-state index in [1.54, 1.807) is 38.7 Å². The molecule has 0 bridgehead atoms. The van der Waals surface area contributed by atoms with Gasteiger partial charge in [0.05, 0.1) is 23.9 Å². The SMILES string of the molecule is CC(C)(C)OC(N)=O.CSc1nc(Sc2ccnc(N)c2Cl)cnc1N1CCC2(CC1)CO[C@@H](C)C2. The summed E-state index contributed by atoms with van der Waals surface area (Å²) in [6, 6.07) is 1.84.